The summed E-state index contributed by atoms with van der Waals surface area (Å²) in [6.07, 6.45) is 3.61. The molecule has 27 heavy (non-hydrogen) atoms. The molecule has 0 bridgehead atoms. The minimum atomic E-state index is -1.04. The lowest BCUT2D eigenvalue weighted by Crippen LogP contribution is -2.37. The largest absolute Gasteiger partial charge is 0.480 e. The number of carbonyl (C=O) groups is 1. The van der Waals surface area contributed by atoms with Crippen molar-refractivity contribution >= 4 is 17.6 Å². The fraction of sp³-hybridized carbons (Fsp3) is 0.381. The summed E-state index contributed by atoms with van der Waals surface area (Å²) in [4.78, 5) is 24.7. The molecule has 0 saturated heterocycles. The summed E-state index contributed by atoms with van der Waals surface area (Å²) in [6.45, 7) is 5.40. The Kier molecular flexibility index (Phi) is 4.88. The summed E-state index contributed by atoms with van der Waals surface area (Å²) in [5.74, 6) is -0.786. The van der Waals surface area contributed by atoms with Gasteiger partial charge in [-0.2, -0.15) is 5.26 Å². The molecule has 1 unspecified atom stereocenters. The van der Waals surface area contributed by atoms with E-state index in [0.717, 1.165) is 18.4 Å². The van der Waals surface area contributed by atoms with Crippen molar-refractivity contribution in [2.24, 2.45) is 5.41 Å². The van der Waals surface area contributed by atoms with Gasteiger partial charge in [-0.1, -0.05) is 32.4 Å². The third-order valence-electron chi connectivity index (χ3n) is 4.85. The zero-order valence-corrected chi connectivity index (χ0v) is 16.2. The van der Waals surface area contributed by atoms with E-state index >= 15 is 0 Å². The second kappa shape index (κ2) is 6.86. The van der Waals surface area contributed by atoms with E-state index in [4.69, 9.17) is 11.6 Å². The van der Waals surface area contributed by atoms with Crippen molar-refractivity contribution in [3.63, 3.8) is 0 Å². The van der Waals surface area contributed by atoms with E-state index in [1.165, 1.54) is 10.6 Å². The van der Waals surface area contributed by atoms with E-state index in [2.05, 4.69) is 6.07 Å². The molecule has 1 heterocycles. The topological polar surface area (TPSA) is 83.1 Å². The van der Waals surface area contributed by atoms with Crippen LogP contribution in [0.2, 0.25) is 5.02 Å². The van der Waals surface area contributed by atoms with Gasteiger partial charge in [0.05, 0.1) is 11.6 Å². The van der Waals surface area contributed by atoms with E-state index in [1.54, 1.807) is 45.2 Å². The Labute approximate surface area is 162 Å². The predicted molar refractivity (Wildman–Crippen MR) is 104 cm³/mol. The van der Waals surface area contributed by atoms with E-state index in [0.29, 0.717) is 21.7 Å². The van der Waals surface area contributed by atoms with Gasteiger partial charge >= 0.3 is 5.97 Å². The molecule has 0 spiro atoms. The number of halogens is 1. The van der Waals surface area contributed by atoms with Gasteiger partial charge in [0.1, 0.15) is 6.04 Å². The minimum Gasteiger partial charge on any atom is -0.480 e. The number of aliphatic carboxylic acids is 1. The van der Waals surface area contributed by atoms with Crippen LogP contribution < -0.4 is 5.56 Å². The molecule has 1 aromatic heterocycles. The van der Waals surface area contributed by atoms with Gasteiger partial charge in [0.15, 0.2) is 0 Å². The molecule has 0 amide bonds. The van der Waals surface area contributed by atoms with Crippen molar-refractivity contribution in [1.82, 2.24) is 4.57 Å². The Hall–Kier alpha value is -2.58. The van der Waals surface area contributed by atoms with Crippen LogP contribution in [0.25, 0.3) is 11.1 Å². The number of hydrogen-bond donors (Lipinski definition) is 1. The van der Waals surface area contributed by atoms with Gasteiger partial charge in [-0.3, -0.25) is 4.79 Å². The normalized spacial score (nSPS) is 15.2. The van der Waals surface area contributed by atoms with Gasteiger partial charge in [-0.05, 0) is 53.5 Å². The molecule has 0 radical (unpaired) electrons. The van der Waals surface area contributed by atoms with E-state index in [9.17, 15) is 20.0 Å². The van der Waals surface area contributed by atoms with Crippen LogP contribution in [0.3, 0.4) is 0 Å². The highest BCUT2D eigenvalue weighted by atomic mass is 35.5. The minimum absolute atomic E-state index is 0.256. The number of aromatic nitrogens is 1. The molecule has 5 nitrogen and oxygen atoms in total. The Morgan fingerprint density at radius 1 is 1.30 bits per heavy atom. The van der Waals surface area contributed by atoms with Gasteiger partial charge in [0.2, 0.25) is 0 Å². The number of nitriles is 1. The van der Waals surface area contributed by atoms with Crippen molar-refractivity contribution in [3.8, 4) is 17.2 Å². The van der Waals surface area contributed by atoms with Gasteiger partial charge < -0.3 is 9.67 Å². The number of carboxylic acids is 1. The molecule has 0 aliphatic heterocycles. The molecule has 1 fully saturated rings. The molecular weight excluding hydrogens is 364 g/mol. The van der Waals surface area contributed by atoms with Crippen molar-refractivity contribution < 1.29 is 9.90 Å². The second-order valence-electron chi connectivity index (χ2n) is 8.07. The lowest BCUT2D eigenvalue weighted by molar-refractivity contribution is -0.144. The number of benzene rings is 1. The summed E-state index contributed by atoms with van der Waals surface area (Å²) in [5, 5.41) is 19.6. The smallest absolute Gasteiger partial charge is 0.327 e. The molecule has 1 atom stereocenters. The number of hydrogen-bond acceptors (Lipinski definition) is 3. The summed E-state index contributed by atoms with van der Waals surface area (Å²) in [5.41, 5.74) is 1.56. The van der Waals surface area contributed by atoms with E-state index in [-0.39, 0.29) is 5.92 Å². The van der Waals surface area contributed by atoms with Gasteiger partial charge in [-0.15, -0.1) is 0 Å². The zero-order chi connectivity index (χ0) is 19.9. The molecule has 1 N–H and O–H groups in total. The summed E-state index contributed by atoms with van der Waals surface area (Å²) >= 11 is 6.12. The predicted octanol–water partition coefficient (Wildman–Crippen LogP) is 4.59. The van der Waals surface area contributed by atoms with E-state index < -0.39 is 23.0 Å². The molecule has 1 aromatic carbocycles. The average Bonchev–Trinajstić information content (AvgIpc) is 3.39. The van der Waals surface area contributed by atoms with Crippen LogP contribution in [0.4, 0.5) is 0 Å². The summed E-state index contributed by atoms with van der Waals surface area (Å²) in [6, 6.07) is 7.57. The number of pyridine rings is 1. The molecule has 1 aliphatic rings. The quantitative estimate of drug-likeness (QED) is 0.835. The highest BCUT2D eigenvalue weighted by Crippen LogP contribution is 2.45. The second-order valence-corrected chi connectivity index (χ2v) is 8.51. The number of nitrogens with zero attached hydrogens (tertiary/aromatic N) is 2. The van der Waals surface area contributed by atoms with Crippen LogP contribution >= 0.6 is 11.6 Å². The SMILES string of the molecule is CC(C)(C)C(C(=O)O)n1cc(C2CC2)c(-c2cc(Cl)ccc2C#N)cc1=O. The molecular formula is C21H21ClN2O3. The fourth-order valence-electron chi connectivity index (χ4n) is 3.46. The molecule has 1 aliphatic carbocycles. The van der Waals surface area contributed by atoms with Crippen LogP contribution in [0, 0.1) is 16.7 Å². The van der Waals surface area contributed by atoms with Gasteiger partial charge in [0.25, 0.3) is 5.56 Å². The first kappa shape index (κ1) is 19.2. The average molecular weight is 385 g/mol. The molecule has 1 saturated carbocycles. The van der Waals surface area contributed by atoms with Crippen molar-refractivity contribution in [2.45, 2.75) is 45.6 Å². The summed E-state index contributed by atoms with van der Waals surface area (Å²) in [7, 11) is 0. The van der Waals surface area contributed by atoms with Crippen molar-refractivity contribution in [3.05, 3.63) is 57.0 Å². The molecule has 140 valence electrons. The summed E-state index contributed by atoms with van der Waals surface area (Å²) < 4.78 is 1.32. The first-order valence-corrected chi connectivity index (χ1v) is 9.20. The lowest BCUT2D eigenvalue weighted by Gasteiger charge is -2.29. The first-order valence-electron chi connectivity index (χ1n) is 8.82. The Morgan fingerprint density at radius 2 is 1.96 bits per heavy atom. The monoisotopic (exact) mass is 384 g/mol. The first-order chi connectivity index (χ1) is 12.6. The highest BCUT2D eigenvalue weighted by molar-refractivity contribution is 6.31. The number of rotatable bonds is 4. The van der Waals surface area contributed by atoms with Crippen LogP contribution in [-0.4, -0.2) is 15.6 Å². The molecule has 6 heteroatoms. The van der Waals surface area contributed by atoms with Crippen LogP contribution in [-0.2, 0) is 4.79 Å². The highest BCUT2D eigenvalue weighted by Gasteiger charge is 2.35. The van der Waals surface area contributed by atoms with Crippen molar-refractivity contribution in [1.29, 1.82) is 5.26 Å². The van der Waals surface area contributed by atoms with Crippen molar-refractivity contribution in [2.75, 3.05) is 0 Å². The zero-order valence-electron chi connectivity index (χ0n) is 15.5. The number of carboxylic acid groups (broad SMARTS) is 1. The third-order valence-corrected chi connectivity index (χ3v) is 5.09. The van der Waals surface area contributed by atoms with Crippen LogP contribution in [0.5, 0.6) is 0 Å². The van der Waals surface area contributed by atoms with Gasteiger partial charge in [0, 0.05) is 22.8 Å². The van der Waals surface area contributed by atoms with Crippen LogP contribution in [0.1, 0.15) is 56.7 Å². The standard InChI is InChI=1S/C21H21ClN2O3/c1-21(2,3)19(20(26)27)24-11-17(12-4-5-12)16(9-18(24)25)15-8-14(22)7-6-13(15)10-23/h6-9,11-12,19H,4-5H2,1-3H3,(H,26,27). The Bertz CT molecular complexity index is 1010. The maximum Gasteiger partial charge on any atom is 0.327 e. The maximum atomic E-state index is 12.9. The Balaban J connectivity index is 2.27. The Morgan fingerprint density at radius 3 is 2.48 bits per heavy atom. The third kappa shape index (κ3) is 3.77. The molecule has 2 aromatic rings. The van der Waals surface area contributed by atoms with Gasteiger partial charge in [-0.25, -0.2) is 4.79 Å². The van der Waals surface area contributed by atoms with Crippen LogP contribution in [0.15, 0.2) is 35.3 Å². The van der Waals surface area contributed by atoms with E-state index in [1.807, 2.05) is 0 Å². The fourth-order valence-corrected chi connectivity index (χ4v) is 3.63. The maximum absolute atomic E-state index is 12.9. The lowest BCUT2D eigenvalue weighted by atomic mass is 9.86. The molecule has 3 rings (SSSR count).